The van der Waals surface area contributed by atoms with E-state index in [0.717, 1.165) is 17.0 Å². The molecule has 0 radical (unpaired) electrons. The number of para-hydroxylation sites is 1. The fraction of sp³-hybridized carbons (Fsp3) is 0.258. The Morgan fingerprint density at radius 2 is 1.51 bits per heavy atom. The number of alkyl halides is 3. The van der Waals surface area contributed by atoms with Gasteiger partial charge in [0.2, 0.25) is 5.91 Å². The van der Waals surface area contributed by atoms with Crippen molar-refractivity contribution < 1.29 is 49.8 Å². The van der Waals surface area contributed by atoms with E-state index in [1.165, 1.54) is 74.5 Å². The molecule has 4 amide bonds. The smallest absolute Gasteiger partial charge is 0.344 e. The Labute approximate surface area is 285 Å². The highest BCUT2D eigenvalue weighted by atomic mass is 35.5. The molecule has 3 aromatic rings. The van der Waals surface area contributed by atoms with Gasteiger partial charge in [0.25, 0.3) is 33.5 Å². The molecule has 4 rings (SSSR count). The summed E-state index contributed by atoms with van der Waals surface area (Å²) in [6.07, 6.45) is -5.23. The van der Waals surface area contributed by atoms with Crippen molar-refractivity contribution in [3.8, 4) is 0 Å². The third kappa shape index (κ3) is 8.90. The minimum Gasteiger partial charge on any atom is -0.344 e. The van der Waals surface area contributed by atoms with Crippen LogP contribution in [0.4, 0.5) is 18.9 Å². The van der Waals surface area contributed by atoms with Crippen LogP contribution in [0.25, 0.3) is 0 Å². The van der Waals surface area contributed by atoms with Gasteiger partial charge in [-0.15, -0.1) is 0 Å². The maximum atomic E-state index is 13.7. The summed E-state index contributed by atoms with van der Waals surface area (Å²) in [4.78, 5) is 65.2. The lowest BCUT2D eigenvalue weighted by Gasteiger charge is -2.27. The van der Waals surface area contributed by atoms with E-state index < -0.39 is 86.7 Å². The molecule has 0 saturated carbocycles. The molecular formula is C31H28ClF3N4O8S2. The molecule has 0 aliphatic carbocycles. The number of carbonyl (C=O) groups is 5. The monoisotopic (exact) mass is 740 g/mol. The Balaban J connectivity index is 1.51. The molecule has 260 valence electrons. The molecule has 0 spiro atoms. The molecule has 3 N–H and O–H groups in total. The van der Waals surface area contributed by atoms with Crippen LogP contribution < -0.4 is 20.3 Å². The Morgan fingerprint density at radius 3 is 2.08 bits per heavy atom. The number of nitrogens with one attached hydrogen (secondary N) is 3. The van der Waals surface area contributed by atoms with Gasteiger partial charge in [-0.25, -0.2) is 13.1 Å². The Bertz CT molecular complexity index is 1920. The fourth-order valence-corrected chi connectivity index (χ4v) is 7.15. The number of Topliss-reactive ketones (excluding diaryl/α,β-unsaturated/α-hetero) is 1. The van der Waals surface area contributed by atoms with Crippen molar-refractivity contribution in [2.75, 3.05) is 17.2 Å². The molecule has 49 heavy (non-hydrogen) atoms. The summed E-state index contributed by atoms with van der Waals surface area (Å²) in [6.45, 7) is 1.74. The lowest BCUT2D eigenvalue weighted by atomic mass is 9.99. The second-order valence-corrected chi connectivity index (χ2v) is 14.6. The van der Waals surface area contributed by atoms with Crippen LogP contribution in [-0.2, 0) is 35.2 Å². The second-order valence-electron chi connectivity index (χ2n) is 11.0. The summed E-state index contributed by atoms with van der Waals surface area (Å²) in [6, 6.07) is 12.1. The summed E-state index contributed by atoms with van der Waals surface area (Å²) in [5, 5.41) is 4.76. The first-order valence-electron chi connectivity index (χ1n) is 14.3. The minimum atomic E-state index is -5.23. The molecule has 0 fully saturated rings. The first-order valence-corrected chi connectivity index (χ1v) is 17.5. The van der Waals surface area contributed by atoms with Crippen LogP contribution in [0.3, 0.4) is 0 Å². The molecule has 1 heterocycles. The summed E-state index contributed by atoms with van der Waals surface area (Å²) in [5.74, 6) is -7.42. The number of hydrogen-bond donors (Lipinski definition) is 3. The first-order chi connectivity index (χ1) is 22.9. The molecule has 12 nitrogen and oxygen atoms in total. The van der Waals surface area contributed by atoms with Gasteiger partial charge < -0.3 is 10.6 Å². The molecule has 1 aliphatic rings. The lowest BCUT2D eigenvalue weighted by molar-refractivity contribution is -0.174. The predicted octanol–water partition coefficient (Wildman–Crippen LogP) is 2.98. The first kappa shape index (κ1) is 37.2. The predicted molar refractivity (Wildman–Crippen MR) is 172 cm³/mol. The number of anilines is 1. The zero-order valence-electron chi connectivity index (χ0n) is 25.6. The van der Waals surface area contributed by atoms with Crippen molar-refractivity contribution in [3.63, 3.8) is 0 Å². The largest absolute Gasteiger partial charge is 0.452 e. The van der Waals surface area contributed by atoms with Gasteiger partial charge in [0.05, 0.1) is 38.1 Å². The molecule has 0 aromatic heterocycles. The topological polar surface area (TPSA) is 176 Å². The zero-order chi connectivity index (χ0) is 36.3. The number of sulfonamides is 1. The van der Waals surface area contributed by atoms with Crippen molar-refractivity contribution in [3.05, 3.63) is 88.9 Å². The Kier molecular flexibility index (Phi) is 11.3. The standard InChI is InChI=1S/C31H28ClF3N4O8S2/c1-17(2)26(27(41)31(33,34)35)37-25(40)15-39-23-5-3-4-6-24(23)48(45)16-22(30(39)44)36-28(42)18-7-9-19(10-8-18)29(43)38-49(46,47)21-13-11-20(32)12-14-21/h3-14,17,22,26H,15-16H2,1-2H3,(H,36,42)(H,37,40)(H,38,43)/t22-,26?,48?/m0/s1. The molecule has 0 bridgehead atoms. The summed E-state index contributed by atoms with van der Waals surface area (Å²) in [7, 11) is -6.14. The van der Waals surface area contributed by atoms with Crippen molar-refractivity contribution in [1.82, 2.24) is 15.4 Å². The van der Waals surface area contributed by atoms with Crippen LogP contribution in [0.5, 0.6) is 0 Å². The van der Waals surface area contributed by atoms with Gasteiger partial charge in [-0.05, 0) is 66.6 Å². The SMILES string of the molecule is CC(C)C(NC(=O)CN1C(=O)[C@@H](NC(=O)c2ccc(C(=O)NS(=O)(=O)c3ccc(Cl)cc3)cc2)CS(=O)c2ccccc21)C(=O)C(F)(F)F. The van der Waals surface area contributed by atoms with E-state index in [9.17, 15) is 49.8 Å². The highest BCUT2D eigenvalue weighted by molar-refractivity contribution is 7.90. The van der Waals surface area contributed by atoms with Gasteiger partial charge in [-0.1, -0.05) is 37.6 Å². The number of carbonyl (C=O) groups excluding carboxylic acids is 5. The number of nitrogens with zero attached hydrogens (tertiary/aromatic N) is 1. The van der Waals surface area contributed by atoms with E-state index in [4.69, 9.17) is 11.6 Å². The number of rotatable bonds is 10. The highest BCUT2D eigenvalue weighted by Crippen LogP contribution is 2.29. The molecule has 3 atom stereocenters. The molecular weight excluding hydrogens is 713 g/mol. The normalized spacial score (nSPS) is 17.0. The highest BCUT2D eigenvalue weighted by Gasteiger charge is 2.45. The van der Waals surface area contributed by atoms with Crippen molar-refractivity contribution in [2.45, 2.75) is 41.9 Å². The number of halogens is 4. The molecule has 2 unspecified atom stereocenters. The van der Waals surface area contributed by atoms with Gasteiger partial charge in [-0.3, -0.25) is 33.1 Å². The number of amides is 4. The lowest BCUT2D eigenvalue weighted by Crippen LogP contribution is -2.55. The van der Waals surface area contributed by atoms with E-state index >= 15 is 0 Å². The van der Waals surface area contributed by atoms with E-state index in [1.807, 2.05) is 10.0 Å². The summed E-state index contributed by atoms with van der Waals surface area (Å²) in [5.41, 5.74) is -0.186. The van der Waals surface area contributed by atoms with Gasteiger partial charge in [-0.2, -0.15) is 13.2 Å². The van der Waals surface area contributed by atoms with Gasteiger partial charge in [0, 0.05) is 16.1 Å². The quantitative estimate of drug-likeness (QED) is 0.284. The molecule has 0 saturated heterocycles. The second kappa shape index (κ2) is 14.9. The van der Waals surface area contributed by atoms with Crippen LogP contribution in [0.15, 0.2) is 82.6 Å². The van der Waals surface area contributed by atoms with Crippen LogP contribution in [0.1, 0.15) is 34.6 Å². The molecule has 18 heteroatoms. The number of benzene rings is 3. The van der Waals surface area contributed by atoms with Crippen LogP contribution in [0, 0.1) is 5.92 Å². The molecule has 1 aliphatic heterocycles. The van der Waals surface area contributed by atoms with Crippen molar-refractivity contribution in [2.24, 2.45) is 5.92 Å². The average molecular weight is 741 g/mol. The third-order valence-electron chi connectivity index (χ3n) is 7.20. The maximum Gasteiger partial charge on any atom is 0.452 e. The summed E-state index contributed by atoms with van der Waals surface area (Å²) < 4.78 is 79.7. The molecule has 3 aromatic carbocycles. The van der Waals surface area contributed by atoms with Crippen LogP contribution in [-0.4, -0.2) is 72.6 Å². The van der Waals surface area contributed by atoms with Gasteiger partial charge in [0.15, 0.2) is 0 Å². The fourth-order valence-electron chi connectivity index (χ4n) is 4.70. The van der Waals surface area contributed by atoms with E-state index in [2.05, 4.69) is 5.32 Å². The zero-order valence-corrected chi connectivity index (χ0v) is 28.0. The van der Waals surface area contributed by atoms with Crippen molar-refractivity contribution in [1.29, 1.82) is 0 Å². The minimum absolute atomic E-state index is 0.0184. The maximum absolute atomic E-state index is 13.7. The van der Waals surface area contributed by atoms with Crippen molar-refractivity contribution >= 4 is 67.5 Å². The number of fused-ring (bicyclic) bond motifs is 1. The number of ketones is 1. The van der Waals surface area contributed by atoms with E-state index in [0.29, 0.717) is 0 Å². The summed E-state index contributed by atoms with van der Waals surface area (Å²) >= 11 is 5.78. The van der Waals surface area contributed by atoms with E-state index in [1.54, 1.807) is 0 Å². The number of hydrogen-bond acceptors (Lipinski definition) is 8. The average Bonchev–Trinajstić information content (AvgIpc) is 3.13. The van der Waals surface area contributed by atoms with Crippen LogP contribution >= 0.6 is 11.6 Å². The van der Waals surface area contributed by atoms with Gasteiger partial charge in [0.1, 0.15) is 12.6 Å². The van der Waals surface area contributed by atoms with Gasteiger partial charge >= 0.3 is 6.18 Å². The Hall–Kier alpha value is -4.61. The Morgan fingerprint density at radius 1 is 0.939 bits per heavy atom. The van der Waals surface area contributed by atoms with Crippen LogP contribution in [0.2, 0.25) is 5.02 Å². The third-order valence-corrected chi connectivity index (χ3v) is 10.3. The van der Waals surface area contributed by atoms with E-state index in [-0.39, 0.29) is 31.6 Å².